The van der Waals surface area contributed by atoms with E-state index < -0.39 is 0 Å². The minimum atomic E-state index is -0.257. The zero-order chi connectivity index (χ0) is 99.8. The molecule has 0 aromatic carbocycles. The topological polar surface area (TPSA) is 232 Å². The van der Waals surface area contributed by atoms with Crippen LogP contribution < -0.4 is 11.4 Å². The minimum Gasteiger partial charge on any atom is -0.465 e. The Morgan fingerprint density at radius 1 is 0.338 bits per heavy atom. The maximum absolute atomic E-state index is 11.4. The maximum Gasteiger partial charge on any atom is 0.345 e. The summed E-state index contributed by atoms with van der Waals surface area (Å²) in [5.74, 6) is 5.63. The van der Waals surface area contributed by atoms with E-state index in [0.717, 1.165) is 68.9 Å². The van der Waals surface area contributed by atoms with Crippen molar-refractivity contribution in [3.8, 4) is 0 Å². The van der Waals surface area contributed by atoms with E-state index in [-0.39, 0.29) is 155 Å². The van der Waals surface area contributed by atoms with Crippen LogP contribution >= 0.6 is 23.6 Å². The third-order valence-electron chi connectivity index (χ3n) is 20.0. The summed E-state index contributed by atoms with van der Waals surface area (Å²) in [6, 6.07) is 12.6. The molecule has 0 saturated heterocycles. The Bertz CT molecular complexity index is 4440. The van der Waals surface area contributed by atoms with Crippen LogP contribution in [0.5, 0.6) is 0 Å². The predicted octanol–water partition coefficient (Wildman–Crippen LogP) is 33.1. The first-order chi connectivity index (χ1) is 55.3. The molecule has 20 heteroatoms. The van der Waals surface area contributed by atoms with E-state index in [9.17, 15) is 4.79 Å². The maximum atomic E-state index is 11.4. The number of anilines is 1. The fourth-order valence-corrected chi connectivity index (χ4v) is 12.9. The second kappa shape index (κ2) is 49.4. The number of aromatic amines is 2. The number of hydrogen-bond acceptors (Lipinski definition) is 15. The van der Waals surface area contributed by atoms with Gasteiger partial charge in [-0.1, -0.05) is 426 Å². The molecular weight excluding hydrogens is 1680 g/mol. The van der Waals surface area contributed by atoms with Gasteiger partial charge in [-0.05, 0) is 54.0 Å². The van der Waals surface area contributed by atoms with Crippen molar-refractivity contribution in [2.45, 2.75) is 523 Å². The Balaban J connectivity index is -0.000000267. The normalized spacial score (nSPS) is 12.5. The van der Waals surface area contributed by atoms with Gasteiger partial charge >= 0.3 is 5.69 Å². The van der Waals surface area contributed by atoms with Gasteiger partial charge in [0.2, 0.25) is 5.95 Å². The molecule has 0 unspecified atom stereocenters. The number of nitrogens with zero attached hydrogens (tertiary/aromatic N) is 12. The number of nitrogens with two attached hydrogens (primary N) is 1. The lowest BCUT2D eigenvalue weighted by molar-refractivity contribution is 0.344. The highest BCUT2D eigenvalue weighted by Gasteiger charge is 2.33. The SMILES string of the molecule is C.C.C.C.C.C.C.CC(C)(C)c1cc(C(C)(C)C)[nH]c(=O)n1.CC(C)(C)c1cc(C(C)(C)C)[nH]c(=S)n1.CC(C)(C)c1cc(C(C)(C)C)nc(N)n1.CC(C)(C)c1ccc(C(C)(C)C)o1.CC(C)(C)c1cnc(C(C)(C)C)s1.CC(C)(C)c1coc(C(C)(C)C)n1.Cn1c(C(C)(C)C)cnc1C(C)(C)C.Cn1cc(C(C)(C)C)nc1C(C)(C)C.Cn1nc(C(C)(C)C)cc1C(C)(C)C. The molecule has 9 aromatic rings. The smallest absolute Gasteiger partial charge is 0.345 e. The van der Waals surface area contributed by atoms with Crippen LogP contribution in [0.1, 0.15) is 527 Å². The first-order valence-electron chi connectivity index (χ1n) is 45.4. The highest BCUT2D eigenvalue weighted by Crippen LogP contribution is 2.37. The van der Waals surface area contributed by atoms with Crippen molar-refractivity contribution in [2.75, 3.05) is 5.73 Å². The van der Waals surface area contributed by atoms with Crippen molar-refractivity contribution in [2.24, 2.45) is 21.1 Å². The summed E-state index contributed by atoms with van der Waals surface area (Å²) in [7, 11) is 6.20. The molecule has 18 nitrogen and oxygen atoms in total. The summed E-state index contributed by atoms with van der Waals surface area (Å²) in [5.41, 5.74) is 19.0. The van der Waals surface area contributed by atoms with Crippen LogP contribution in [-0.2, 0) is 119 Å². The molecule has 9 heterocycles. The van der Waals surface area contributed by atoms with Gasteiger partial charge in [0, 0.05) is 159 Å². The van der Waals surface area contributed by atoms with Gasteiger partial charge < -0.3 is 33.7 Å². The summed E-state index contributed by atoms with van der Waals surface area (Å²) >= 11 is 6.99. The molecule has 133 heavy (non-hydrogen) atoms. The molecule has 0 saturated carbocycles. The predicted molar refractivity (Wildman–Crippen MR) is 591 cm³/mol. The van der Waals surface area contributed by atoms with Crippen molar-refractivity contribution in [3.63, 3.8) is 0 Å². The van der Waals surface area contributed by atoms with Gasteiger partial charge in [-0.2, -0.15) is 10.1 Å². The summed E-state index contributed by atoms with van der Waals surface area (Å²) in [5, 5.41) is 5.80. The number of H-pyrrole nitrogens is 2. The summed E-state index contributed by atoms with van der Waals surface area (Å²) in [6.07, 6.45) is 7.92. The molecule has 0 aliphatic rings. The van der Waals surface area contributed by atoms with Gasteiger partial charge in [0.25, 0.3) is 0 Å². The highest BCUT2D eigenvalue weighted by atomic mass is 32.1. The quantitative estimate of drug-likeness (QED) is 0.120. The number of aryl methyl sites for hydroxylation is 2. The van der Waals surface area contributed by atoms with Crippen LogP contribution in [0.4, 0.5) is 5.95 Å². The third kappa shape index (κ3) is 46.7. The Hall–Kier alpha value is -7.19. The average molecular weight is 1890 g/mol. The van der Waals surface area contributed by atoms with Crippen molar-refractivity contribution in [1.29, 1.82) is 0 Å². The number of nitrogens with one attached hydrogen (secondary N) is 2. The first kappa shape index (κ1) is 139. The number of imidazole rings is 2. The van der Waals surface area contributed by atoms with Crippen LogP contribution in [0, 0.1) is 4.77 Å². The van der Waals surface area contributed by atoms with Gasteiger partial charge in [-0.15, -0.1) is 11.3 Å². The lowest BCUT2D eigenvalue weighted by Crippen LogP contribution is -2.26. The lowest BCUT2D eigenvalue weighted by atomic mass is 9.87. The number of aromatic nitrogens is 14. The van der Waals surface area contributed by atoms with E-state index in [1.54, 1.807) is 6.26 Å². The molecule has 0 amide bonds. The summed E-state index contributed by atoms with van der Waals surface area (Å²) in [6.45, 7) is 117. The molecule has 0 radical (unpaired) electrons. The fourth-order valence-electron chi connectivity index (χ4n) is 11.7. The number of oxazole rings is 1. The molecule has 0 bridgehead atoms. The van der Waals surface area contributed by atoms with Gasteiger partial charge in [0.05, 0.1) is 44.9 Å². The molecule has 0 atom stereocenters. The van der Waals surface area contributed by atoms with Crippen molar-refractivity contribution in [1.82, 2.24) is 68.8 Å². The standard InChI is InChI=1S/C12H21N3.C12H20N2O.C12H20N2S.3C12H22N2.C12H20O.C11H19NO.C11H19NS.7CH4/c1-11(2,3)8-7-9(12(4,5)6)15-10(13)14-8;2*1-11(2,3)8-7-9(12(4,5)6)14-10(15)13-8;1-11(2,3)9-8-14(7)10(13-9)12(4,5)6;1-11(2,3)9-8-13-10(14(9)7)12(4,5)6;1-11(2,3)9-8-10(12(4,5)6)14(7)13-9;1-11(2,3)9-7-8-10(13-9)12(4,5)6;1-10(2,3)8-7-13-9(12-8)11(4,5)6;1-10(2,3)8-7-12-9(13-8)11(4,5)6;;;;;;;/h7H,1-6H3,(H2,13,14,15);2*7H,1-6H3,(H,13,14,15);3*8H,1-7H3;7-8H,1-6H3;2*7H,1-6H3;7*1H4. The number of furan rings is 1. The van der Waals surface area contributed by atoms with E-state index >= 15 is 0 Å². The number of nitrogen functional groups attached to an aromatic ring is 1. The zero-order valence-electron chi connectivity index (χ0n) is 91.3. The van der Waals surface area contributed by atoms with Gasteiger partial charge in [-0.25, -0.2) is 39.7 Å². The molecule has 770 valence electrons. The van der Waals surface area contributed by atoms with Crippen LogP contribution in [0.2, 0.25) is 0 Å². The lowest BCUT2D eigenvalue weighted by Gasteiger charge is -2.23. The number of hydrogen-bond donors (Lipinski definition) is 3. The molecule has 0 aliphatic heterocycles. The fraction of sp³-hybridized carbons (Fsp3) is 0.726. The molecule has 0 fully saturated rings. The molecule has 4 N–H and O–H groups in total. The Kier molecular flexibility index (Phi) is 51.6. The van der Waals surface area contributed by atoms with Crippen LogP contribution in [0.25, 0.3) is 0 Å². The highest BCUT2D eigenvalue weighted by molar-refractivity contribution is 7.71. The van der Waals surface area contributed by atoms with Crippen LogP contribution in [-0.4, -0.2) is 68.8 Å². The van der Waals surface area contributed by atoms with E-state index in [2.05, 4.69) is 484 Å². The zero-order valence-corrected chi connectivity index (χ0v) is 92.9. The Labute approximate surface area is 830 Å². The van der Waals surface area contributed by atoms with Gasteiger partial charge in [0.1, 0.15) is 29.4 Å². The summed E-state index contributed by atoms with van der Waals surface area (Å²) in [4.78, 5) is 53.9. The number of rotatable bonds is 0. The Morgan fingerprint density at radius 2 is 0.699 bits per heavy atom. The second-order valence-electron chi connectivity index (χ2n) is 52.8. The Morgan fingerprint density at radius 3 is 0.940 bits per heavy atom. The second-order valence-corrected chi connectivity index (χ2v) is 54.2. The van der Waals surface area contributed by atoms with Gasteiger partial charge in [0.15, 0.2) is 10.7 Å². The largest absolute Gasteiger partial charge is 0.465 e. The monoisotopic (exact) mass is 1890 g/mol. The van der Waals surface area contributed by atoms with E-state index in [1.807, 2.05) is 41.5 Å². The minimum absolute atomic E-state index is 0. The van der Waals surface area contributed by atoms with E-state index in [4.69, 9.17) is 31.8 Å². The first-order valence-corrected chi connectivity index (χ1v) is 46.6. The molecule has 0 aliphatic carbocycles. The number of thiazole rings is 1. The average Bonchev–Trinajstić information content (AvgIpc) is 1.65. The van der Waals surface area contributed by atoms with Gasteiger partial charge in [-0.3, -0.25) is 4.68 Å². The molecule has 0 spiro atoms. The van der Waals surface area contributed by atoms with Crippen LogP contribution in [0.3, 0.4) is 0 Å². The third-order valence-corrected chi connectivity index (χ3v) is 22.0. The van der Waals surface area contributed by atoms with Crippen molar-refractivity contribution < 1.29 is 8.83 Å². The van der Waals surface area contributed by atoms with Crippen molar-refractivity contribution in [3.05, 3.63) is 178 Å². The van der Waals surface area contributed by atoms with Crippen molar-refractivity contribution >= 4 is 29.5 Å². The summed E-state index contributed by atoms with van der Waals surface area (Å²) < 4.78 is 18.2. The molecular formula is C113H213N15O3S2. The van der Waals surface area contributed by atoms with E-state index in [1.165, 1.54) is 32.7 Å². The molecule has 9 rings (SSSR count). The van der Waals surface area contributed by atoms with Crippen LogP contribution in [0.15, 0.2) is 74.9 Å². The van der Waals surface area contributed by atoms with E-state index in [0.29, 0.717) is 10.7 Å². The molecule has 9 aromatic heterocycles.